The predicted molar refractivity (Wildman–Crippen MR) is 126 cm³/mol. The highest BCUT2D eigenvalue weighted by atomic mass is 35.5. The topological polar surface area (TPSA) is 231 Å². The number of unbranched alkanes of at least 4 members (excludes halogenated alkanes) is 1. The van der Waals surface area contributed by atoms with Gasteiger partial charge in [-0.2, -0.15) is 5.26 Å². The molecule has 2 aliphatic rings. The van der Waals surface area contributed by atoms with Gasteiger partial charge in [0.15, 0.2) is 12.5 Å². The van der Waals surface area contributed by atoms with E-state index in [9.17, 15) is 40.5 Å². The van der Waals surface area contributed by atoms with Crippen molar-refractivity contribution < 1.29 is 59.5 Å². The first kappa shape index (κ1) is 30.4. The highest BCUT2D eigenvalue weighted by molar-refractivity contribution is 6.32. The summed E-state index contributed by atoms with van der Waals surface area (Å²) < 4.78 is 21.7. The molecule has 1 aromatic rings. The molecule has 212 valence electrons. The molecule has 1 aromatic carbocycles. The fraction of sp³-hybridized carbons (Fsp3) is 0.652. The number of nitriles is 1. The quantitative estimate of drug-likeness (QED) is 0.137. The minimum absolute atomic E-state index is 0.0740. The van der Waals surface area contributed by atoms with Gasteiger partial charge in [-0.1, -0.05) is 11.6 Å². The number of hydrogen-bond acceptors (Lipinski definition) is 13. The summed E-state index contributed by atoms with van der Waals surface area (Å²) in [5.41, 5.74) is 0.0740. The van der Waals surface area contributed by atoms with Gasteiger partial charge in [0, 0.05) is 12.0 Å². The average Bonchev–Trinajstić information content (AvgIpc) is 2.91. The Morgan fingerprint density at radius 1 is 1.00 bits per heavy atom. The number of carbonyl (C=O) groups is 1. The Morgan fingerprint density at radius 3 is 2.34 bits per heavy atom. The maximum Gasteiger partial charge on any atom is 0.253 e. The molecule has 15 heteroatoms. The van der Waals surface area contributed by atoms with E-state index in [1.807, 2.05) is 6.07 Å². The molecule has 0 spiro atoms. The molecule has 0 aliphatic carbocycles. The Morgan fingerprint density at radius 2 is 1.71 bits per heavy atom. The summed E-state index contributed by atoms with van der Waals surface area (Å²) in [4.78, 5) is 12.8. The van der Waals surface area contributed by atoms with Crippen LogP contribution in [-0.2, 0) is 14.2 Å². The van der Waals surface area contributed by atoms with Crippen LogP contribution in [0.2, 0.25) is 5.02 Å². The highest BCUT2D eigenvalue weighted by Crippen LogP contribution is 2.29. The van der Waals surface area contributed by atoms with E-state index in [-0.39, 0.29) is 17.2 Å². The van der Waals surface area contributed by atoms with Gasteiger partial charge in [-0.05, 0) is 24.6 Å². The molecular formula is C23H31ClN2O12. The number of benzene rings is 1. The van der Waals surface area contributed by atoms with Crippen molar-refractivity contribution >= 4 is 17.5 Å². The van der Waals surface area contributed by atoms with Gasteiger partial charge in [-0.25, -0.2) is 0 Å². The number of amides is 1. The van der Waals surface area contributed by atoms with Crippen molar-refractivity contribution in [3.63, 3.8) is 0 Å². The van der Waals surface area contributed by atoms with Gasteiger partial charge in [-0.15, -0.1) is 0 Å². The van der Waals surface area contributed by atoms with Gasteiger partial charge in [0.1, 0.15) is 54.6 Å². The van der Waals surface area contributed by atoms with Crippen molar-refractivity contribution in [3.05, 3.63) is 28.8 Å². The number of aliphatic hydroxyl groups is 7. The number of hydrogen-bond donors (Lipinski definition) is 8. The summed E-state index contributed by atoms with van der Waals surface area (Å²) in [7, 11) is 0. The van der Waals surface area contributed by atoms with Crippen LogP contribution >= 0.6 is 11.6 Å². The van der Waals surface area contributed by atoms with Gasteiger partial charge >= 0.3 is 0 Å². The summed E-state index contributed by atoms with van der Waals surface area (Å²) in [5.74, 6) is -0.428. The number of aliphatic hydroxyl groups excluding tert-OH is 7. The lowest BCUT2D eigenvalue weighted by atomic mass is 9.96. The van der Waals surface area contributed by atoms with Crippen LogP contribution in [0.15, 0.2) is 18.2 Å². The summed E-state index contributed by atoms with van der Waals surface area (Å²) in [6.45, 7) is -1.21. The fourth-order valence-corrected chi connectivity index (χ4v) is 4.25. The summed E-state index contributed by atoms with van der Waals surface area (Å²) in [5, 5.41) is 81.5. The van der Waals surface area contributed by atoms with Crippen LogP contribution in [0.25, 0.3) is 0 Å². The lowest BCUT2D eigenvalue weighted by molar-refractivity contribution is -0.342. The van der Waals surface area contributed by atoms with Crippen molar-refractivity contribution in [1.82, 2.24) is 5.32 Å². The molecule has 0 radical (unpaired) electrons. The van der Waals surface area contributed by atoms with E-state index in [4.69, 9.17) is 35.8 Å². The molecule has 14 nitrogen and oxygen atoms in total. The first-order valence-electron chi connectivity index (χ1n) is 11.8. The Bertz CT molecular complexity index is 976. The Balaban J connectivity index is 1.65. The Labute approximate surface area is 222 Å². The maximum atomic E-state index is 12.8. The molecule has 0 bridgehead atoms. The van der Waals surface area contributed by atoms with Crippen LogP contribution in [0.4, 0.5) is 0 Å². The molecule has 2 aliphatic heterocycles. The molecule has 10 atom stereocenters. The third kappa shape index (κ3) is 6.89. The van der Waals surface area contributed by atoms with Gasteiger partial charge in [-0.3, -0.25) is 4.79 Å². The van der Waals surface area contributed by atoms with E-state index in [0.29, 0.717) is 18.6 Å². The number of nitrogens with one attached hydrogen (secondary N) is 1. The largest absolute Gasteiger partial charge is 0.492 e. The van der Waals surface area contributed by atoms with Crippen LogP contribution in [0.3, 0.4) is 0 Å². The average molecular weight is 563 g/mol. The Kier molecular flexibility index (Phi) is 11.0. The molecule has 2 fully saturated rings. The van der Waals surface area contributed by atoms with Gasteiger partial charge in [0.25, 0.3) is 5.91 Å². The molecule has 0 aromatic heterocycles. The number of rotatable bonds is 10. The molecule has 2 saturated heterocycles. The van der Waals surface area contributed by atoms with Crippen LogP contribution in [0.5, 0.6) is 5.75 Å². The monoisotopic (exact) mass is 562 g/mol. The van der Waals surface area contributed by atoms with Crippen molar-refractivity contribution in [2.75, 3.05) is 19.8 Å². The van der Waals surface area contributed by atoms with Crippen molar-refractivity contribution in [2.45, 2.75) is 74.2 Å². The van der Waals surface area contributed by atoms with Gasteiger partial charge in [0.2, 0.25) is 0 Å². The maximum absolute atomic E-state index is 12.8. The summed E-state index contributed by atoms with van der Waals surface area (Å²) in [6, 6.07) is 6.17. The van der Waals surface area contributed by atoms with E-state index >= 15 is 0 Å². The second-order valence-electron chi connectivity index (χ2n) is 8.79. The lowest BCUT2D eigenvalue weighted by Crippen LogP contribution is -2.66. The Hall–Kier alpha value is -2.13. The van der Waals surface area contributed by atoms with Crippen molar-refractivity contribution in [3.8, 4) is 11.8 Å². The van der Waals surface area contributed by atoms with E-state index in [1.54, 1.807) is 0 Å². The highest BCUT2D eigenvalue weighted by Gasteiger charge is 2.50. The third-order valence-electron chi connectivity index (χ3n) is 6.16. The van der Waals surface area contributed by atoms with E-state index in [1.165, 1.54) is 18.2 Å². The summed E-state index contributed by atoms with van der Waals surface area (Å²) >= 11 is 6.17. The van der Waals surface area contributed by atoms with Crippen molar-refractivity contribution in [2.24, 2.45) is 0 Å². The van der Waals surface area contributed by atoms with Crippen molar-refractivity contribution in [1.29, 1.82) is 5.26 Å². The molecular weight excluding hydrogens is 532 g/mol. The second kappa shape index (κ2) is 13.8. The van der Waals surface area contributed by atoms with Crippen LogP contribution in [0.1, 0.15) is 23.2 Å². The van der Waals surface area contributed by atoms with E-state index < -0.39 is 80.5 Å². The molecule has 8 N–H and O–H groups in total. The lowest BCUT2D eigenvalue weighted by Gasteiger charge is -2.46. The number of nitrogens with zero attached hydrogens (tertiary/aromatic N) is 1. The normalized spacial score (nSPS) is 35.3. The predicted octanol–water partition coefficient (Wildman–Crippen LogP) is -2.62. The summed E-state index contributed by atoms with van der Waals surface area (Å²) in [6.07, 6.45) is -15.2. The second-order valence-corrected chi connectivity index (χ2v) is 9.19. The first-order chi connectivity index (χ1) is 18.1. The SMILES string of the molecule is N#CCCCOc1ccc(C(=O)N[C@@H]2O[C@H](CO)[C@@H](O[C@H]3O[C@H](CO)[C@@H](O)[C@H](O)[C@H]3O)[C@H](O)[C@H]2O)cc1Cl. The van der Waals surface area contributed by atoms with Crippen LogP contribution in [-0.4, -0.2) is 123 Å². The third-order valence-corrected chi connectivity index (χ3v) is 6.46. The number of carbonyl (C=O) groups excluding carboxylic acids is 1. The molecule has 0 saturated carbocycles. The van der Waals surface area contributed by atoms with E-state index in [2.05, 4.69) is 5.32 Å². The number of ether oxygens (including phenoxy) is 4. The zero-order valence-corrected chi connectivity index (χ0v) is 20.8. The minimum Gasteiger partial charge on any atom is -0.492 e. The molecule has 0 unspecified atom stereocenters. The van der Waals surface area contributed by atoms with Gasteiger partial charge in [0.05, 0.1) is 30.9 Å². The van der Waals surface area contributed by atoms with Gasteiger partial charge < -0.3 is 60.0 Å². The first-order valence-corrected chi connectivity index (χ1v) is 12.2. The van der Waals surface area contributed by atoms with Crippen LogP contribution < -0.4 is 10.1 Å². The zero-order valence-electron chi connectivity index (χ0n) is 20.0. The molecule has 3 rings (SSSR count). The smallest absolute Gasteiger partial charge is 0.253 e. The fourth-order valence-electron chi connectivity index (χ4n) is 4.01. The molecule has 38 heavy (non-hydrogen) atoms. The molecule has 2 heterocycles. The minimum atomic E-state index is -1.79. The zero-order chi connectivity index (χ0) is 28.0. The van der Waals surface area contributed by atoms with Crippen LogP contribution in [0, 0.1) is 11.3 Å². The standard InChI is InChI=1S/C23H31ClN2O12/c24-11-7-10(3-4-12(11)35-6-2-1-5-25)21(34)26-22-18(32)17(31)20(14(9-28)36-22)38-23-19(33)16(30)15(29)13(8-27)37-23/h3-4,7,13-20,22-23,27-33H,1-2,6,8-9H2,(H,26,34)/t13-,14-,15-,16+,17-,18-,19-,20-,22-,23-/m1/s1. The van der Waals surface area contributed by atoms with E-state index in [0.717, 1.165) is 0 Å². The molecule has 1 amide bonds. The number of halogens is 1.